The number of carbonyl (C=O) groups excluding carboxylic acids is 2. The van der Waals surface area contributed by atoms with Crippen LogP contribution in [0.15, 0.2) is 42.7 Å². The molecule has 142 valence electrons. The minimum atomic E-state index is -0.217. The van der Waals surface area contributed by atoms with E-state index in [2.05, 4.69) is 17.2 Å². The first-order chi connectivity index (χ1) is 13.1. The fraction of sp³-hybridized carbons (Fsp3) is 0.409. The number of likely N-dealkylation sites (tertiary alicyclic amines) is 1. The molecule has 1 fully saturated rings. The molecule has 1 aromatic heterocycles. The van der Waals surface area contributed by atoms with Gasteiger partial charge < -0.3 is 10.2 Å². The summed E-state index contributed by atoms with van der Waals surface area (Å²) in [5.41, 5.74) is 3.11. The molecule has 1 aromatic carbocycles. The van der Waals surface area contributed by atoms with Gasteiger partial charge in [-0.15, -0.1) is 0 Å². The molecule has 5 nitrogen and oxygen atoms in total. The van der Waals surface area contributed by atoms with Crippen LogP contribution in [-0.2, 0) is 6.54 Å². The molecule has 1 N–H and O–H groups in total. The number of pyridine rings is 1. The molecule has 1 unspecified atom stereocenters. The lowest BCUT2D eigenvalue weighted by molar-refractivity contribution is 0.0607. The third kappa shape index (κ3) is 4.54. The Hall–Kier alpha value is -2.69. The van der Waals surface area contributed by atoms with Crippen molar-refractivity contribution in [3.8, 4) is 0 Å². The number of benzene rings is 1. The van der Waals surface area contributed by atoms with E-state index < -0.39 is 0 Å². The number of piperidine rings is 1. The van der Waals surface area contributed by atoms with Crippen molar-refractivity contribution >= 4 is 11.8 Å². The number of hydrogen-bond acceptors (Lipinski definition) is 3. The van der Waals surface area contributed by atoms with E-state index in [1.807, 2.05) is 36.1 Å². The molecule has 27 heavy (non-hydrogen) atoms. The van der Waals surface area contributed by atoms with Crippen molar-refractivity contribution in [3.05, 3.63) is 65.0 Å². The highest BCUT2D eigenvalue weighted by Gasteiger charge is 2.26. The first-order valence-electron chi connectivity index (χ1n) is 9.69. The average Bonchev–Trinajstić information content (AvgIpc) is 2.72. The van der Waals surface area contributed by atoms with Crippen LogP contribution in [0.25, 0.3) is 0 Å². The molecule has 2 amide bonds. The van der Waals surface area contributed by atoms with Gasteiger partial charge in [0.15, 0.2) is 0 Å². The number of aromatic nitrogens is 1. The summed E-state index contributed by atoms with van der Waals surface area (Å²) in [6.07, 6.45) is 7.27. The van der Waals surface area contributed by atoms with Crippen LogP contribution in [0.4, 0.5) is 0 Å². The van der Waals surface area contributed by atoms with Gasteiger partial charge in [0.1, 0.15) is 0 Å². The third-order valence-electron chi connectivity index (χ3n) is 5.31. The van der Waals surface area contributed by atoms with E-state index in [-0.39, 0.29) is 17.9 Å². The molecule has 0 aliphatic carbocycles. The number of nitrogens with one attached hydrogen (secondary N) is 1. The molecular weight excluding hydrogens is 338 g/mol. The van der Waals surface area contributed by atoms with Gasteiger partial charge in [0.25, 0.3) is 11.8 Å². The summed E-state index contributed by atoms with van der Waals surface area (Å²) < 4.78 is 0. The van der Waals surface area contributed by atoms with Crippen LogP contribution < -0.4 is 5.32 Å². The monoisotopic (exact) mass is 365 g/mol. The maximum Gasteiger partial charge on any atom is 0.255 e. The van der Waals surface area contributed by atoms with E-state index in [0.717, 1.165) is 36.9 Å². The quantitative estimate of drug-likeness (QED) is 0.878. The van der Waals surface area contributed by atoms with E-state index in [1.54, 1.807) is 12.3 Å². The van der Waals surface area contributed by atoms with Crippen molar-refractivity contribution in [1.29, 1.82) is 0 Å². The second-order valence-electron chi connectivity index (χ2n) is 7.13. The zero-order chi connectivity index (χ0) is 19.2. The summed E-state index contributed by atoms with van der Waals surface area (Å²) in [6, 6.07) is 9.89. The van der Waals surface area contributed by atoms with Crippen molar-refractivity contribution in [1.82, 2.24) is 15.2 Å². The summed E-state index contributed by atoms with van der Waals surface area (Å²) in [5, 5.41) is 2.92. The smallest absolute Gasteiger partial charge is 0.255 e. The summed E-state index contributed by atoms with van der Waals surface area (Å²) in [5.74, 6) is -0.242. The van der Waals surface area contributed by atoms with Crippen molar-refractivity contribution in [3.63, 3.8) is 0 Å². The summed E-state index contributed by atoms with van der Waals surface area (Å²) >= 11 is 0. The van der Waals surface area contributed by atoms with Crippen LogP contribution in [0.1, 0.15) is 64.4 Å². The van der Waals surface area contributed by atoms with E-state index in [9.17, 15) is 9.59 Å². The molecule has 1 aliphatic heterocycles. The highest BCUT2D eigenvalue weighted by molar-refractivity contribution is 5.99. The first kappa shape index (κ1) is 19.1. The number of nitrogens with zero attached hydrogens (tertiary/aromatic N) is 2. The minimum absolute atomic E-state index is 0.0254. The maximum absolute atomic E-state index is 12.9. The Morgan fingerprint density at radius 3 is 2.74 bits per heavy atom. The van der Waals surface area contributed by atoms with Crippen LogP contribution in [0.2, 0.25) is 0 Å². The molecular formula is C22H27N3O2. The van der Waals surface area contributed by atoms with Crippen molar-refractivity contribution in [2.45, 2.75) is 52.1 Å². The number of carbonyl (C=O) groups is 2. The maximum atomic E-state index is 12.9. The fourth-order valence-corrected chi connectivity index (χ4v) is 3.63. The highest BCUT2D eigenvalue weighted by Crippen LogP contribution is 2.22. The van der Waals surface area contributed by atoms with E-state index in [0.29, 0.717) is 17.7 Å². The fourth-order valence-electron chi connectivity index (χ4n) is 3.63. The van der Waals surface area contributed by atoms with Crippen LogP contribution >= 0.6 is 0 Å². The number of amides is 2. The topological polar surface area (TPSA) is 62.3 Å². The molecule has 5 heteroatoms. The SMILES string of the molecule is CCC1CCCCN1C(=O)c1cncc(C(=O)NCc2ccccc2C)c1. The van der Waals surface area contributed by atoms with Gasteiger partial charge in [-0.2, -0.15) is 0 Å². The molecule has 0 radical (unpaired) electrons. The van der Waals surface area contributed by atoms with Gasteiger partial charge in [0.2, 0.25) is 0 Å². The molecule has 1 atom stereocenters. The van der Waals surface area contributed by atoms with E-state index >= 15 is 0 Å². The van der Waals surface area contributed by atoms with Gasteiger partial charge in [-0.1, -0.05) is 31.2 Å². The van der Waals surface area contributed by atoms with Crippen LogP contribution in [0.3, 0.4) is 0 Å². The van der Waals surface area contributed by atoms with Crippen LogP contribution in [0, 0.1) is 6.92 Å². The number of rotatable bonds is 5. The lowest BCUT2D eigenvalue weighted by Gasteiger charge is -2.35. The Morgan fingerprint density at radius 1 is 1.19 bits per heavy atom. The second-order valence-corrected chi connectivity index (χ2v) is 7.13. The van der Waals surface area contributed by atoms with Crippen molar-refractivity contribution < 1.29 is 9.59 Å². The summed E-state index contributed by atoms with van der Waals surface area (Å²) in [4.78, 5) is 31.5. The minimum Gasteiger partial charge on any atom is -0.348 e. The standard InChI is InChI=1S/C22H27N3O2/c1-3-20-10-6-7-11-25(20)22(27)19-12-18(13-23-14-19)21(26)24-15-17-9-5-4-8-16(17)2/h4-5,8-9,12-14,20H,3,6-7,10-11,15H2,1-2H3,(H,24,26). The molecule has 2 aromatic rings. The zero-order valence-corrected chi connectivity index (χ0v) is 16.1. The zero-order valence-electron chi connectivity index (χ0n) is 16.1. The molecule has 0 spiro atoms. The molecule has 1 saturated heterocycles. The van der Waals surface area contributed by atoms with Crippen LogP contribution in [0.5, 0.6) is 0 Å². The van der Waals surface area contributed by atoms with Gasteiger partial charge in [0, 0.05) is 31.5 Å². The Balaban J connectivity index is 1.70. The van der Waals surface area contributed by atoms with Gasteiger partial charge >= 0.3 is 0 Å². The Morgan fingerprint density at radius 2 is 1.96 bits per heavy atom. The molecule has 3 rings (SSSR count). The lowest BCUT2D eigenvalue weighted by atomic mass is 9.99. The molecule has 0 bridgehead atoms. The molecule has 1 aliphatic rings. The Bertz CT molecular complexity index is 819. The third-order valence-corrected chi connectivity index (χ3v) is 5.31. The second kappa shape index (κ2) is 8.80. The van der Waals surface area contributed by atoms with Gasteiger partial charge in [-0.25, -0.2) is 0 Å². The summed E-state index contributed by atoms with van der Waals surface area (Å²) in [7, 11) is 0. The average molecular weight is 365 g/mol. The Kier molecular flexibility index (Phi) is 6.22. The molecule has 2 heterocycles. The Labute approximate surface area is 160 Å². The largest absolute Gasteiger partial charge is 0.348 e. The van der Waals surface area contributed by atoms with Crippen molar-refractivity contribution in [2.24, 2.45) is 0 Å². The predicted octanol–water partition coefficient (Wildman–Crippen LogP) is 3.72. The van der Waals surface area contributed by atoms with Crippen LogP contribution in [-0.4, -0.2) is 34.3 Å². The summed E-state index contributed by atoms with van der Waals surface area (Å²) in [6.45, 7) is 5.36. The first-order valence-corrected chi connectivity index (χ1v) is 9.69. The lowest BCUT2D eigenvalue weighted by Crippen LogP contribution is -2.43. The van der Waals surface area contributed by atoms with Gasteiger partial charge in [0.05, 0.1) is 11.1 Å². The van der Waals surface area contributed by atoms with E-state index in [4.69, 9.17) is 0 Å². The van der Waals surface area contributed by atoms with E-state index in [1.165, 1.54) is 12.6 Å². The number of hydrogen-bond donors (Lipinski definition) is 1. The van der Waals surface area contributed by atoms with Gasteiger partial charge in [-0.05, 0) is 49.8 Å². The number of aryl methyl sites for hydroxylation is 1. The van der Waals surface area contributed by atoms with Crippen molar-refractivity contribution in [2.75, 3.05) is 6.54 Å². The molecule has 0 saturated carbocycles. The highest BCUT2D eigenvalue weighted by atomic mass is 16.2. The predicted molar refractivity (Wildman–Crippen MR) is 106 cm³/mol. The normalized spacial score (nSPS) is 16.8. The van der Waals surface area contributed by atoms with Gasteiger partial charge in [-0.3, -0.25) is 14.6 Å².